The van der Waals surface area contributed by atoms with Crippen molar-refractivity contribution in [3.05, 3.63) is 73.4 Å². The smallest absolute Gasteiger partial charge is 0.257 e. The average molecular weight is 608 g/mol. The molecule has 1 N–H and O–H groups in total. The zero-order chi connectivity index (χ0) is 29.1. The minimum absolute atomic E-state index is 0.000699. The largest absolute Gasteiger partial charge is 0.455 e. The Morgan fingerprint density at radius 3 is 2.38 bits per heavy atom. The van der Waals surface area contributed by atoms with Crippen LogP contribution in [0.3, 0.4) is 0 Å². The van der Waals surface area contributed by atoms with Crippen LogP contribution in [-0.2, 0) is 7.05 Å². The van der Waals surface area contributed by atoms with Crippen LogP contribution in [-0.4, -0.2) is 10.3 Å². The monoisotopic (exact) mass is 606 g/mol. The van der Waals surface area contributed by atoms with Gasteiger partial charge in [0.2, 0.25) is 0 Å². The van der Waals surface area contributed by atoms with Crippen LogP contribution in [0.1, 0.15) is 61.3 Å². The summed E-state index contributed by atoms with van der Waals surface area (Å²) in [5.74, 6) is 2.41. The van der Waals surface area contributed by atoms with Gasteiger partial charge in [0.25, 0.3) is 5.56 Å². The second-order valence-corrected chi connectivity index (χ2v) is 12.1. The van der Waals surface area contributed by atoms with Gasteiger partial charge in [-0.3, -0.25) is 4.79 Å². The Morgan fingerprint density at radius 1 is 1.08 bits per heavy atom. The molecule has 0 bridgehead atoms. The lowest BCUT2D eigenvalue weighted by Crippen LogP contribution is -2.46. The van der Waals surface area contributed by atoms with Gasteiger partial charge in [0.15, 0.2) is 0 Å². The molecule has 0 aliphatic carbocycles. The first kappa shape index (κ1) is 33.2. The molecule has 0 aliphatic heterocycles. The van der Waals surface area contributed by atoms with Crippen molar-refractivity contribution in [2.45, 2.75) is 61.3 Å². The lowest BCUT2D eigenvalue weighted by atomic mass is 9.97. The number of nitrogens with one attached hydrogen (secondary N) is 1. The number of rotatable bonds is 10. The molecule has 0 aliphatic rings. The molecule has 39 heavy (non-hydrogen) atoms. The fourth-order valence-electron chi connectivity index (χ4n) is 3.86. The van der Waals surface area contributed by atoms with Gasteiger partial charge >= 0.3 is 0 Å². The number of halogens is 2. The van der Waals surface area contributed by atoms with Gasteiger partial charge in [0.1, 0.15) is 11.5 Å². The Labute approximate surface area is 251 Å². The summed E-state index contributed by atoms with van der Waals surface area (Å²) in [5.41, 5.74) is 3.89. The summed E-state index contributed by atoms with van der Waals surface area (Å²) < 4.78 is 11.4. The van der Waals surface area contributed by atoms with Crippen molar-refractivity contribution in [2.75, 3.05) is 10.5 Å². The Bertz CT molecular complexity index is 1440. The van der Waals surface area contributed by atoms with Crippen LogP contribution in [0.15, 0.2) is 47.4 Å². The molecule has 0 saturated carbocycles. The van der Waals surface area contributed by atoms with Gasteiger partial charge in [-0.05, 0) is 60.9 Å². The van der Waals surface area contributed by atoms with Crippen molar-refractivity contribution >= 4 is 62.3 Å². The number of ether oxygens (including phenoxy) is 1. The van der Waals surface area contributed by atoms with E-state index < -0.39 is 0 Å². The van der Waals surface area contributed by atoms with Gasteiger partial charge < -0.3 is 14.0 Å². The Kier molecular flexibility index (Phi) is 13.9. The van der Waals surface area contributed by atoms with Gasteiger partial charge in [0, 0.05) is 57.0 Å². The van der Waals surface area contributed by atoms with Crippen molar-refractivity contribution in [3.8, 4) is 22.6 Å². The van der Waals surface area contributed by atoms with Gasteiger partial charge in [-0.15, -0.1) is 0 Å². The van der Waals surface area contributed by atoms with Crippen molar-refractivity contribution in [1.29, 1.82) is 0 Å². The molecule has 8 heteroatoms. The van der Waals surface area contributed by atoms with Gasteiger partial charge in [-0.25, -0.2) is 0 Å². The molecule has 1 atom stereocenters. The highest BCUT2D eigenvalue weighted by atomic mass is 35.5. The first-order valence-electron chi connectivity index (χ1n) is 13.4. The number of aryl methyl sites for hydroxylation is 1. The van der Waals surface area contributed by atoms with E-state index in [9.17, 15) is 4.79 Å². The number of hydrogen-bond donors (Lipinski definition) is 1. The van der Waals surface area contributed by atoms with E-state index in [0.29, 0.717) is 21.5 Å². The van der Waals surface area contributed by atoms with Crippen LogP contribution in [0, 0.1) is 5.92 Å². The number of nitrogens with zero attached hydrogens (tertiary/aromatic N) is 1. The SMILES string of the molecule is CC.CCSSNc1ccc(Oc2ccc(Cl)cc2Cl)c(-c2cn(C)c(=O)c(=C/C(C)CC)/c2=C(\C)CC)c1. The molecular formula is C31H40Cl2N2O2S2. The van der Waals surface area contributed by atoms with Crippen molar-refractivity contribution in [3.63, 3.8) is 0 Å². The van der Waals surface area contributed by atoms with Crippen molar-refractivity contribution < 1.29 is 4.74 Å². The standard InChI is InChI=1S/C29H34Cl2N2O2S2.C2H6/c1-7-18(4)14-23-28(19(5)8-2)24(17-33(6)29(23)34)22-16-21(32-37-36-9-3)11-13-26(22)35-27-12-10-20(30)15-25(27)31;1-2/h10-18,32H,7-9H2,1-6H3;1-2H3/b23-14+,28-19-;. The van der Waals surface area contributed by atoms with Crippen LogP contribution >= 0.6 is 45.0 Å². The average Bonchev–Trinajstić information content (AvgIpc) is 2.94. The van der Waals surface area contributed by atoms with Crippen LogP contribution in [0.2, 0.25) is 10.0 Å². The number of anilines is 1. The molecule has 1 heterocycles. The molecule has 1 unspecified atom stereocenters. The van der Waals surface area contributed by atoms with E-state index in [0.717, 1.165) is 51.4 Å². The highest BCUT2D eigenvalue weighted by Crippen LogP contribution is 2.38. The molecule has 0 fully saturated rings. The van der Waals surface area contributed by atoms with E-state index in [1.807, 2.05) is 32.2 Å². The molecule has 4 nitrogen and oxygen atoms in total. The maximum Gasteiger partial charge on any atom is 0.257 e. The summed E-state index contributed by atoms with van der Waals surface area (Å²) in [6.07, 6.45) is 5.79. The molecule has 0 spiro atoms. The summed E-state index contributed by atoms with van der Waals surface area (Å²) in [5, 5.41) is 2.67. The molecule has 0 saturated heterocycles. The summed E-state index contributed by atoms with van der Waals surface area (Å²) in [6.45, 7) is 14.6. The third-order valence-electron chi connectivity index (χ3n) is 6.18. The van der Waals surface area contributed by atoms with E-state index in [1.165, 1.54) is 0 Å². The molecule has 212 valence electrons. The number of hydrogen-bond acceptors (Lipinski definition) is 5. The molecule has 3 aromatic rings. The van der Waals surface area contributed by atoms with E-state index >= 15 is 0 Å². The van der Waals surface area contributed by atoms with Crippen LogP contribution in [0.4, 0.5) is 5.69 Å². The molecule has 3 rings (SSSR count). The topological polar surface area (TPSA) is 43.3 Å². The lowest BCUT2D eigenvalue weighted by molar-refractivity contribution is 0.484. The maximum atomic E-state index is 13.4. The van der Waals surface area contributed by atoms with Gasteiger partial charge in [0.05, 0.1) is 5.02 Å². The summed E-state index contributed by atoms with van der Waals surface area (Å²) >= 11 is 12.6. The summed E-state index contributed by atoms with van der Waals surface area (Å²) in [6, 6.07) is 11.2. The first-order chi connectivity index (χ1) is 18.7. The quantitative estimate of drug-likeness (QED) is 0.141. The molecule has 0 radical (unpaired) electrons. The highest BCUT2D eigenvalue weighted by Gasteiger charge is 2.16. The number of pyridine rings is 1. The van der Waals surface area contributed by atoms with E-state index in [2.05, 4.69) is 51.5 Å². The summed E-state index contributed by atoms with van der Waals surface area (Å²) in [7, 11) is 5.12. The highest BCUT2D eigenvalue weighted by molar-refractivity contribution is 8.77. The number of benzene rings is 2. The van der Waals surface area contributed by atoms with Gasteiger partial charge in [-0.2, -0.15) is 0 Å². The van der Waals surface area contributed by atoms with E-state index in [1.54, 1.807) is 51.6 Å². The van der Waals surface area contributed by atoms with Crippen LogP contribution < -0.4 is 25.5 Å². The van der Waals surface area contributed by atoms with E-state index in [-0.39, 0.29) is 11.5 Å². The zero-order valence-electron chi connectivity index (χ0n) is 24.2. The molecule has 2 aromatic carbocycles. The first-order valence-corrected chi connectivity index (χ1v) is 16.5. The minimum Gasteiger partial charge on any atom is -0.455 e. The number of aromatic nitrogens is 1. The molecular weight excluding hydrogens is 567 g/mol. The third-order valence-corrected chi connectivity index (χ3v) is 8.70. The Balaban J connectivity index is 0.00000260. The minimum atomic E-state index is -0.000699. The molecule has 0 amide bonds. The predicted octanol–water partition coefficient (Wildman–Crippen LogP) is 9.31. The van der Waals surface area contributed by atoms with Crippen molar-refractivity contribution in [2.24, 2.45) is 13.0 Å². The van der Waals surface area contributed by atoms with Gasteiger partial charge in [-0.1, -0.05) is 93.6 Å². The fourth-order valence-corrected chi connectivity index (χ4v) is 5.53. The lowest BCUT2D eigenvalue weighted by Gasteiger charge is -2.17. The fraction of sp³-hybridized carbons (Fsp3) is 0.387. The van der Waals surface area contributed by atoms with E-state index in [4.69, 9.17) is 27.9 Å². The zero-order valence-corrected chi connectivity index (χ0v) is 27.3. The Hall–Kier alpha value is -1.99. The van der Waals surface area contributed by atoms with Crippen LogP contribution in [0.25, 0.3) is 22.8 Å². The summed E-state index contributed by atoms with van der Waals surface area (Å²) in [4.78, 5) is 13.4. The molecule has 1 aromatic heterocycles. The Morgan fingerprint density at radius 2 is 1.77 bits per heavy atom. The van der Waals surface area contributed by atoms with Crippen LogP contribution in [0.5, 0.6) is 11.5 Å². The second kappa shape index (κ2) is 16.3. The predicted molar refractivity (Wildman–Crippen MR) is 177 cm³/mol. The van der Waals surface area contributed by atoms with Crippen molar-refractivity contribution in [1.82, 2.24) is 4.57 Å². The third kappa shape index (κ3) is 8.75. The normalized spacial score (nSPS) is 12.9. The second-order valence-electron chi connectivity index (χ2n) is 8.91. The maximum absolute atomic E-state index is 13.4.